The van der Waals surface area contributed by atoms with E-state index in [0.29, 0.717) is 6.10 Å². The molecule has 2 N–H and O–H groups in total. The lowest BCUT2D eigenvalue weighted by molar-refractivity contribution is 0.101. The van der Waals surface area contributed by atoms with Crippen molar-refractivity contribution in [2.45, 2.75) is 52.2 Å². The van der Waals surface area contributed by atoms with Gasteiger partial charge in [0.25, 0.3) is 0 Å². The quantitative estimate of drug-likeness (QED) is 0.876. The minimum atomic E-state index is 0.0400. The first kappa shape index (κ1) is 14.9. The van der Waals surface area contributed by atoms with Gasteiger partial charge in [0, 0.05) is 10.5 Å². The second-order valence-corrected chi connectivity index (χ2v) is 6.98. The molecule has 0 bridgehead atoms. The van der Waals surface area contributed by atoms with Crippen LogP contribution < -0.4 is 10.5 Å². The van der Waals surface area contributed by atoms with E-state index in [-0.39, 0.29) is 6.04 Å². The molecule has 3 atom stereocenters. The van der Waals surface area contributed by atoms with Crippen molar-refractivity contribution in [3.8, 4) is 5.75 Å². The van der Waals surface area contributed by atoms with E-state index in [1.54, 1.807) is 0 Å². The molecule has 1 aliphatic rings. The molecule has 0 heterocycles. The van der Waals surface area contributed by atoms with E-state index in [1.807, 2.05) is 19.1 Å². The highest BCUT2D eigenvalue weighted by atomic mass is 79.9. The Morgan fingerprint density at radius 1 is 1.21 bits per heavy atom. The van der Waals surface area contributed by atoms with Crippen LogP contribution in [0.25, 0.3) is 0 Å². The molecule has 2 rings (SSSR count). The van der Waals surface area contributed by atoms with Crippen LogP contribution in [0.1, 0.15) is 51.6 Å². The molecule has 0 aliphatic heterocycles. The first-order chi connectivity index (χ1) is 8.95. The molecule has 0 radical (unpaired) electrons. The van der Waals surface area contributed by atoms with Crippen LogP contribution in [0.3, 0.4) is 0 Å². The Morgan fingerprint density at radius 3 is 2.37 bits per heavy atom. The van der Waals surface area contributed by atoms with Crippen molar-refractivity contribution < 1.29 is 4.74 Å². The molecular weight excluding hydrogens is 302 g/mol. The molecule has 1 aromatic rings. The fourth-order valence-corrected chi connectivity index (χ4v) is 3.83. The largest absolute Gasteiger partial charge is 0.490 e. The Labute approximate surface area is 124 Å². The number of halogens is 1. The Morgan fingerprint density at radius 2 is 1.84 bits per heavy atom. The number of rotatable bonds is 3. The van der Waals surface area contributed by atoms with Gasteiger partial charge in [0.15, 0.2) is 0 Å². The summed E-state index contributed by atoms with van der Waals surface area (Å²) in [7, 11) is 0. The van der Waals surface area contributed by atoms with Crippen LogP contribution in [0.5, 0.6) is 5.75 Å². The third-order valence-electron chi connectivity index (χ3n) is 3.90. The van der Waals surface area contributed by atoms with Crippen molar-refractivity contribution in [3.63, 3.8) is 0 Å². The first-order valence-corrected chi connectivity index (χ1v) is 7.96. The van der Waals surface area contributed by atoms with E-state index in [0.717, 1.165) is 40.5 Å². The van der Waals surface area contributed by atoms with Crippen molar-refractivity contribution in [2.24, 2.45) is 17.6 Å². The van der Waals surface area contributed by atoms with Gasteiger partial charge in [-0.1, -0.05) is 35.8 Å². The van der Waals surface area contributed by atoms with Crippen molar-refractivity contribution in [3.05, 3.63) is 28.2 Å². The molecule has 106 valence electrons. The Hall–Kier alpha value is -0.540. The summed E-state index contributed by atoms with van der Waals surface area (Å²) in [6.07, 6.45) is 4.01. The predicted molar refractivity (Wildman–Crippen MR) is 83.3 cm³/mol. The maximum Gasteiger partial charge on any atom is 0.120 e. The molecule has 0 amide bonds. The Bertz CT molecular complexity index is 423. The van der Waals surface area contributed by atoms with E-state index in [2.05, 4.69) is 35.8 Å². The van der Waals surface area contributed by atoms with Gasteiger partial charge in [0.05, 0.1) is 6.10 Å². The monoisotopic (exact) mass is 325 g/mol. The molecule has 1 aliphatic carbocycles. The molecule has 1 fully saturated rings. The minimum absolute atomic E-state index is 0.0400. The Balaban J connectivity index is 2.05. The number of hydrogen-bond acceptors (Lipinski definition) is 2. The molecule has 0 saturated heterocycles. The van der Waals surface area contributed by atoms with Gasteiger partial charge in [-0.25, -0.2) is 0 Å². The lowest BCUT2D eigenvalue weighted by atomic mass is 9.82. The first-order valence-electron chi connectivity index (χ1n) is 7.17. The molecule has 2 unspecified atom stereocenters. The van der Waals surface area contributed by atoms with E-state index >= 15 is 0 Å². The zero-order valence-corrected chi connectivity index (χ0v) is 13.6. The van der Waals surface area contributed by atoms with Gasteiger partial charge in [0.2, 0.25) is 0 Å². The number of nitrogens with two attached hydrogens (primary N) is 1. The average molecular weight is 326 g/mol. The van der Waals surface area contributed by atoms with Gasteiger partial charge in [-0.05, 0) is 55.7 Å². The lowest BCUT2D eigenvalue weighted by Gasteiger charge is -2.31. The smallest absolute Gasteiger partial charge is 0.120 e. The van der Waals surface area contributed by atoms with Crippen LogP contribution in [0, 0.1) is 11.8 Å². The summed E-state index contributed by atoms with van der Waals surface area (Å²) in [4.78, 5) is 0. The summed E-state index contributed by atoms with van der Waals surface area (Å²) >= 11 is 3.58. The van der Waals surface area contributed by atoms with Crippen LogP contribution in [-0.2, 0) is 0 Å². The van der Waals surface area contributed by atoms with Crippen molar-refractivity contribution in [2.75, 3.05) is 0 Å². The molecule has 3 heteroatoms. The van der Waals surface area contributed by atoms with Gasteiger partial charge in [-0.2, -0.15) is 0 Å². The molecular formula is C16H24BrNO. The number of hydrogen-bond donors (Lipinski definition) is 1. The molecule has 0 spiro atoms. The highest BCUT2D eigenvalue weighted by Gasteiger charge is 2.25. The third-order valence-corrected chi connectivity index (χ3v) is 4.59. The standard InChI is InChI=1S/C16H24BrNO/c1-10-6-11(2)8-14(7-10)19-13-4-5-15(12(3)18)16(17)9-13/h4-5,9-12,14H,6-8,18H2,1-3H3/t10?,11?,12-,14?/m1/s1. The lowest BCUT2D eigenvalue weighted by Crippen LogP contribution is -2.28. The predicted octanol–water partition coefficient (Wildman–Crippen LogP) is 4.67. The highest BCUT2D eigenvalue weighted by Crippen LogP contribution is 2.33. The van der Waals surface area contributed by atoms with Gasteiger partial charge in [-0.15, -0.1) is 0 Å². The van der Waals surface area contributed by atoms with Gasteiger partial charge < -0.3 is 10.5 Å². The van der Waals surface area contributed by atoms with Crippen LogP contribution in [0.15, 0.2) is 22.7 Å². The van der Waals surface area contributed by atoms with Gasteiger partial charge in [0.1, 0.15) is 5.75 Å². The van der Waals surface area contributed by atoms with Crippen molar-refractivity contribution in [1.82, 2.24) is 0 Å². The fraction of sp³-hybridized carbons (Fsp3) is 0.625. The minimum Gasteiger partial charge on any atom is -0.490 e. The summed E-state index contributed by atoms with van der Waals surface area (Å²) in [5.41, 5.74) is 7.04. The summed E-state index contributed by atoms with van der Waals surface area (Å²) in [6, 6.07) is 6.17. The second-order valence-electron chi connectivity index (χ2n) is 6.13. The van der Waals surface area contributed by atoms with Crippen molar-refractivity contribution in [1.29, 1.82) is 0 Å². The van der Waals surface area contributed by atoms with Gasteiger partial charge >= 0.3 is 0 Å². The van der Waals surface area contributed by atoms with Crippen molar-refractivity contribution >= 4 is 15.9 Å². The second kappa shape index (κ2) is 6.27. The fourth-order valence-electron chi connectivity index (χ4n) is 3.11. The Kier molecular flexibility index (Phi) is 4.91. The topological polar surface area (TPSA) is 35.2 Å². The SMILES string of the molecule is CC1CC(C)CC(Oc2ccc([C@@H](C)N)c(Br)c2)C1. The summed E-state index contributed by atoms with van der Waals surface area (Å²) < 4.78 is 7.18. The summed E-state index contributed by atoms with van der Waals surface area (Å²) in [5.74, 6) is 2.48. The highest BCUT2D eigenvalue weighted by molar-refractivity contribution is 9.10. The average Bonchev–Trinajstić information content (AvgIpc) is 2.26. The van der Waals surface area contributed by atoms with Crippen LogP contribution in [0.4, 0.5) is 0 Å². The third kappa shape index (κ3) is 3.96. The van der Waals surface area contributed by atoms with Crippen LogP contribution in [-0.4, -0.2) is 6.10 Å². The van der Waals surface area contributed by atoms with E-state index < -0.39 is 0 Å². The van der Waals surface area contributed by atoms with E-state index in [1.165, 1.54) is 6.42 Å². The maximum atomic E-state index is 6.14. The summed E-state index contributed by atoms with van der Waals surface area (Å²) in [5, 5.41) is 0. The van der Waals surface area contributed by atoms with Crippen LogP contribution >= 0.6 is 15.9 Å². The molecule has 1 aromatic carbocycles. The van der Waals surface area contributed by atoms with Gasteiger partial charge in [-0.3, -0.25) is 0 Å². The maximum absolute atomic E-state index is 6.14. The molecule has 1 saturated carbocycles. The van der Waals surface area contributed by atoms with Crippen LogP contribution in [0.2, 0.25) is 0 Å². The zero-order valence-electron chi connectivity index (χ0n) is 12.0. The molecule has 19 heavy (non-hydrogen) atoms. The molecule has 2 nitrogen and oxygen atoms in total. The van der Waals surface area contributed by atoms with E-state index in [9.17, 15) is 0 Å². The number of ether oxygens (including phenoxy) is 1. The number of benzene rings is 1. The molecule has 0 aromatic heterocycles. The zero-order chi connectivity index (χ0) is 14.0. The normalized spacial score (nSPS) is 29.0. The summed E-state index contributed by atoms with van der Waals surface area (Å²) in [6.45, 7) is 6.63. The van der Waals surface area contributed by atoms with E-state index in [4.69, 9.17) is 10.5 Å².